The minimum Gasteiger partial charge on any atom is -0.452 e. The van der Waals surface area contributed by atoms with Crippen LogP contribution in [-0.2, 0) is 14.3 Å². The summed E-state index contributed by atoms with van der Waals surface area (Å²) in [6.45, 7) is 0.666. The number of fused-ring (bicyclic) bond motifs is 1. The van der Waals surface area contributed by atoms with E-state index in [0.29, 0.717) is 17.1 Å². The van der Waals surface area contributed by atoms with E-state index in [-0.39, 0.29) is 23.7 Å². The van der Waals surface area contributed by atoms with Crippen LogP contribution in [-0.4, -0.2) is 48.9 Å². The minimum atomic E-state index is -0.848. The van der Waals surface area contributed by atoms with Crippen molar-refractivity contribution in [1.82, 2.24) is 0 Å². The maximum atomic E-state index is 12.6. The first kappa shape index (κ1) is 20.3. The molecular formula is C21H20N4O6. The van der Waals surface area contributed by atoms with Crippen molar-refractivity contribution >= 4 is 40.5 Å². The number of hydrogen-bond donors (Lipinski definition) is 1. The number of nitrogens with zero attached hydrogens (tertiary/aromatic N) is 3. The Labute approximate surface area is 177 Å². The lowest BCUT2D eigenvalue weighted by atomic mass is 10.1. The number of para-hydroxylation sites is 2. The number of nitro groups is 1. The zero-order chi connectivity index (χ0) is 22.0. The number of hydrogen-bond acceptors (Lipinski definition) is 7. The Kier molecular flexibility index (Phi) is 5.52. The Balaban J connectivity index is 1.46. The molecule has 2 aliphatic heterocycles. The molecule has 0 unspecified atom stereocenters. The molecule has 0 saturated carbocycles. The van der Waals surface area contributed by atoms with Gasteiger partial charge < -0.3 is 15.0 Å². The maximum absolute atomic E-state index is 12.6. The first-order valence-electron chi connectivity index (χ1n) is 9.84. The molecule has 2 aromatic carbocycles. The largest absolute Gasteiger partial charge is 0.452 e. The lowest BCUT2D eigenvalue weighted by Crippen LogP contribution is -2.44. The molecule has 2 aliphatic rings. The van der Waals surface area contributed by atoms with Crippen molar-refractivity contribution in [2.24, 2.45) is 0 Å². The molecule has 1 fully saturated rings. The summed E-state index contributed by atoms with van der Waals surface area (Å²) in [4.78, 5) is 51.0. The molecule has 2 amide bonds. The molecule has 1 N–H and O–H groups in total. The van der Waals surface area contributed by atoms with Gasteiger partial charge in [-0.25, -0.2) is 4.79 Å². The molecule has 0 atom stereocenters. The summed E-state index contributed by atoms with van der Waals surface area (Å²) in [6.07, 6.45) is 1.92. The van der Waals surface area contributed by atoms with E-state index >= 15 is 0 Å². The van der Waals surface area contributed by atoms with Crippen LogP contribution in [0.5, 0.6) is 0 Å². The molecule has 10 heteroatoms. The fraction of sp³-hybridized carbons (Fsp3) is 0.286. The zero-order valence-corrected chi connectivity index (χ0v) is 16.6. The molecule has 2 heterocycles. The molecule has 0 bridgehead atoms. The normalized spacial score (nSPS) is 15.3. The predicted molar refractivity (Wildman–Crippen MR) is 112 cm³/mol. The van der Waals surface area contributed by atoms with E-state index in [9.17, 15) is 24.5 Å². The third-order valence-corrected chi connectivity index (χ3v) is 5.25. The van der Waals surface area contributed by atoms with Crippen LogP contribution in [0.1, 0.15) is 23.2 Å². The van der Waals surface area contributed by atoms with Crippen molar-refractivity contribution in [3.8, 4) is 0 Å². The number of nitrogens with one attached hydrogen (secondary N) is 1. The van der Waals surface area contributed by atoms with Gasteiger partial charge in [0.25, 0.3) is 11.6 Å². The van der Waals surface area contributed by atoms with Gasteiger partial charge in [0, 0.05) is 19.2 Å². The highest BCUT2D eigenvalue weighted by Gasteiger charge is 2.28. The first-order valence-corrected chi connectivity index (χ1v) is 9.84. The summed E-state index contributed by atoms with van der Waals surface area (Å²) in [5, 5.41) is 14.2. The molecule has 0 radical (unpaired) electrons. The second-order valence-corrected chi connectivity index (χ2v) is 7.28. The van der Waals surface area contributed by atoms with Crippen molar-refractivity contribution in [1.29, 1.82) is 0 Å². The summed E-state index contributed by atoms with van der Waals surface area (Å²) in [5.41, 5.74) is 1.27. The molecule has 1 saturated heterocycles. The van der Waals surface area contributed by atoms with E-state index in [2.05, 4.69) is 5.32 Å². The number of benzene rings is 2. The molecular weight excluding hydrogens is 404 g/mol. The van der Waals surface area contributed by atoms with Gasteiger partial charge in [0.15, 0.2) is 6.61 Å². The summed E-state index contributed by atoms with van der Waals surface area (Å²) in [7, 11) is 0. The van der Waals surface area contributed by atoms with Gasteiger partial charge in [-0.05, 0) is 37.1 Å². The van der Waals surface area contributed by atoms with E-state index in [4.69, 9.17) is 4.74 Å². The summed E-state index contributed by atoms with van der Waals surface area (Å²) in [6, 6.07) is 11.0. The number of nitro benzene ring substituents is 1. The van der Waals surface area contributed by atoms with Crippen LogP contribution in [0.25, 0.3) is 0 Å². The van der Waals surface area contributed by atoms with Crippen LogP contribution >= 0.6 is 0 Å². The Morgan fingerprint density at radius 2 is 1.84 bits per heavy atom. The standard InChI is InChI=1S/C21H20N4O6/c26-19-12-24(16-6-2-1-5-15(16)22-19)20(27)13-31-21(28)14-7-8-17(18(11-14)25(29)30)23-9-3-4-10-23/h1-2,5-8,11H,3-4,9-10,12-13H2,(H,22,26). The van der Waals surface area contributed by atoms with Crippen LogP contribution in [0.2, 0.25) is 0 Å². The topological polar surface area (TPSA) is 122 Å². The lowest BCUT2D eigenvalue weighted by Gasteiger charge is -2.28. The summed E-state index contributed by atoms with van der Waals surface area (Å²) < 4.78 is 5.10. The van der Waals surface area contributed by atoms with Crippen molar-refractivity contribution in [2.75, 3.05) is 41.4 Å². The molecule has 0 aliphatic carbocycles. The number of rotatable bonds is 5. The number of carbonyl (C=O) groups excluding carboxylic acids is 3. The number of amides is 2. The second kappa shape index (κ2) is 8.42. The van der Waals surface area contributed by atoms with E-state index in [0.717, 1.165) is 25.9 Å². The molecule has 160 valence electrons. The van der Waals surface area contributed by atoms with Crippen molar-refractivity contribution in [3.63, 3.8) is 0 Å². The lowest BCUT2D eigenvalue weighted by molar-refractivity contribution is -0.384. The SMILES string of the molecule is O=C1CN(C(=O)COC(=O)c2ccc(N3CCCC3)c([N+](=O)[O-])c2)c2ccccc2N1. The maximum Gasteiger partial charge on any atom is 0.338 e. The molecule has 31 heavy (non-hydrogen) atoms. The summed E-state index contributed by atoms with van der Waals surface area (Å²) in [5.74, 6) is -1.77. The third kappa shape index (κ3) is 4.18. The highest BCUT2D eigenvalue weighted by Crippen LogP contribution is 2.32. The van der Waals surface area contributed by atoms with Crippen LogP contribution in [0.4, 0.5) is 22.7 Å². The Bertz CT molecular complexity index is 1060. The van der Waals surface area contributed by atoms with Crippen molar-refractivity contribution in [3.05, 3.63) is 58.1 Å². The van der Waals surface area contributed by atoms with Gasteiger partial charge in [0.1, 0.15) is 12.2 Å². The van der Waals surface area contributed by atoms with E-state index in [1.165, 1.54) is 23.1 Å². The highest BCUT2D eigenvalue weighted by molar-refractivity contribution is 6.10. The van der Waals surface area contributed by atoms with Gasteiger partial charge in [-0.1, -0.05) is 12.1 Å². The molecule has 0 aromatic heterocycles. The van der Waals surface area contributed by atoms with Gasteiger partial charge >= 0.3 is 5.97 Å². The molecule has 4 rings (SSSR count). The van der Waals surface area contributed by atoms with Gasteiger partial charge in [0.2, 0.25) is 5.91 Å². The van der Waals surface area contributed by atoms with E-state index in [1.807, 2.05) is 4.90 Å². The van der Waals surface area contributed by atoms with E-state index in [1.54, 1.807) is 24.3 Å². The van der Waals surface area contributed by atoms with Crippen molar-refractivity contribution < 1.29 is 24.0 Å². The number of ether oxygens (including phenoxy) is 1. The minimum absolute atomic E-state index is 0.0146. The zero-order valence-electron chi connectivity index (χ0n) is 16.6. The van der Waals surface area contributed by atoms with Crippen LogP contribution in [0.3, 0.4) is 0 Å². The molecule has 10 nitrogen and oxygen atoms in total. The molecule has 0 spiro atoms. The summed E-state index contributed by atoms with van der Waals surface area (Å²) >= 11 is 0. The first-order chi connectivity index (χ1) is 14.9. The number of anilines is 3. The quantitative estimate of drug-likeness (QED) is 0.444. The fourth-order valence-electron chi connectivity index (χ4n) is 3.77. The Hall–Kier alpha value is -3.95. The van der Waals surface area contributed by atoms with Gasteiger partial charge in [0.05, 0.1) is 21.9 Å². The van der Waals surface area contributed by atoms with Gasteiger partial charge in [-0.2, -0.15) is 0 Å². The Morgan fingerprint density at radius 1 is 1.10 bits per heavy atom. The third-order valence-electron chi connectivity index (χ3n) is 5.25. The highest BCUT2D eigenvalue weighted by atomic mass is 16.6. The van der Waals surface area contributed by atoms with Crippen LogP contribution in [0, 0.1) is 10.1 Å². The van der Waals surface area contributed by atoms with Gasteiger partial charge in [-0.3, -0.25) is 24.6 Å². The predicted octanol–water partition coefficient (Wildman–Crippen LogP) is 2.34. The second-order valence-electron chi connectivity index (χ2n) is 7.28. The van der Waals surface area contributed by atoms with E-state index < -0.39 is 23.4 Å². The van der Waals surface area contributed by atoms with Crippen LogP contribution < -0.4 is 15.1 Å². The monoisotopic (exact) mass is 424 g/mol. The van der Waals surface area contributed by atoms with Gasteiger partial charge in [-0.15, -0.1) is 0 Å². The number of carbonyl (C=O) groups is 3. The average Bonchev–Trinajstić information content (AvgIpc) is 3.31. The van der Waals surface area contributed by atoms with Crippen molar-refractivity contribution in [2.45, 2.75) is 12.8 Å². The smallest absolute Gasteiger partial charge is 0.338 e. The number of esters is 1. The fourth-order valence-corrected chi connectivity index (χ4v) is 3.77. The van der Waals surface area contributed by atoms with Crippen LogP contribution in [0.15, 0.2) is 42.5 Å². The Morgan fingerprint density at radius 3 is 2.58 bits per heavy atom. The average molecular weight is 424 g/mol. The molecule has 2 aromatic rings.